The number of aliphatic carboxylic acids is 1. The minimum absolute atomic E-state index is 0.163. The molecule has 6 nitrogen and oxygen atoms in total. The summed E-state index contributed by atoms with van der Waals surface area (Å²) in [4.78, 5) is 23.5. The van der Waals surface area contributed by atoms with E-state index < -0.39 is 12.0 Å². The number of para-hydroxylation sites is 1. The topological polar surface area (TPSA) is 91.6 Å². The van der Waals surface area contributed by atoms with Gasteiger partial charge in [-0.25, -0.2) is 0 Å². The van der Waals surface area contributed by atoms with E-state index in [4.69, 9.17) is 4.42 Å². The van der Waals surface area contributed by atoms with E-state index in [0.717, 1.165) is 16.8 Å². The van der Waals surface area contributed by atoms with Crippen LogP contribution in [-0.4, -0.2) is 23.0 Å². The number of amides is 1. The third kappa shape index (κ3) is 4.69. The van der Waals surface area contributed by atoms with Crippen molar-refractivity contribution < 1.29 is 19.1 Å². The Morgan fingerprint density at radius 3 is 2.43 bits per heavy atom. The highest BCUT2D eigenvalue weighted by Crippen LogP contribution is 2.19. The minimum atomic E-state index is -1.08. The van der Waals surface area contributed by atoms with E-state index >= 15 is 0 Å². The lowest BCUT2D eigenvalue weighted by Crippen LogP contribution is -2.39. The summed E-state index contributed by atoms with van der Waals surface area (Å²) in [5.74, 6) is -0.804. The van der Waals surface area contributed by atoms with Crippen molar-refractivity contribution in [3.05, 3.63) is 53.5 Å². The summed E-state index contributed by atoms with van der Waals surface area (Å²) in [6.45, 7) is 4.04. The number of nitrogens with one attached hydrogen (secondary N) is 2. The van der Waals surface area contributed by atoms with Gasteiger partial charge in [0.15, 0.2) is 0 Å². The lowest BCUT2D eigenvalue weighted by molar-refractivity contribution is -0.141. The highest BCUT2D eigenvalue weighted by atomic mass is 16.4. The molecule has 0 aliphatic rings. The molecule has 0 spiro atoms. The Labute approximate surface area is 134 Å². The van der Waals surface area contributed by atoms with Crippen molar-refractivity contribution >= 4 is 17.6 Å². The molecule has 0 unspecified atom stereocenters. The van der Waals surface area contributed by atoms with Crippen molar-refractivity contribution in [3.8, 4) is 0 Å². The van der Waals surface area contributed by atoms with Gasteiger partial charge >= 0.3 is 5.97 Å². The number of aryl methyl sites for hydroxylation is 2. The number of benzene rings is 1. The summed E-state index contributed by atoms with van der Waals surface area (Å²) in [7, 11) is 0. The predicted molar refractivity (Wildman–Crippen MR) is 86.1 cm³/mol. The van der Waals surface area contributed by atoms with Crippen molar-refractivity contribution in [1.29, 1.82) is 0 Å². The fourth-order valence-electron chi connectivity index (χ4n) is 2.27. The standard InChI is InChI=1S/C17H20N2O4/c1-11-5-3-6-12(2)16(11)19-15(20)9-14(17(21)22)18-10-13-7-4-8-23-13/h3-8,14,18H,9-10H2,1-2H3,(H,19,20)(H,21,22)/t14-/m1/s1. The number of carboxylic acid groups (broad SMARTS) is 1. The first kappa shape index (κ1) is 16.8. The lowest BCUT2D eigenvalue weighted by Gasteiger charge is -2.15. The molecule has 0 fully saturated rings. The molecule has 0 aliphatic heterocycles. The van der Waals surface area contributed by atoms with Crippen LogP contribution in [-0.2, 0) is 16.1 Å². The molecule has 1 heterocycles. The molecule has 0 radical (unpaired) electrons. The Morgan fingerprint density at radius 2 is 1.87 bits per heavy atom. The van der Waals surface area contributed by atoms with Crippen molar-refractivity contribution in [2.75, 3.05) is 5.32 Å². The van der Waals surface area contributed by atoms with Crippen molar-refractivity contribution in [1.82, 2.24) is 5.32 Å². The van der Waals surface area contributed by atoms with Gasteiger partial charge in [0.1, 0.15) is 11.8 Å². The van der Waals surface area contributed by atoms with E-state index in [-0.39, 0.29) is 18.9 Å². The van der Waals surface area contributed by atoms with Crippen LogP contribution < -0.4 is 10.6 Å². The number of rotatable bonds is 7. The summed E-state index contributed by atoms with van der Waals surface area (Å²) in [5.41, 5.74) is 2.61. The first-order valence-corrected chi connectivity index (χ1v) is 7.32. The molecule has 0 saturated carbocycles. The number of carbonyl (C=O) groups excluding carboxylic acids is 1. The van der Waals surface area contributed by atoms with Gasteiger partial charge in [0.05, 0.1) is 19.2 Å². The van der Waals surface area contributed by atoms with Crippen LogP contribution in [0.15, 0.2) is 41.0 Å². The van der Waals surface area contributed by atoms with Crippen LogP contribution >= 0.6 is 0 Å². The molecule has 0 bridgehead atoms. The number of hydrogen-bond donors (Lipinski definition) is 3. The summed E-state index contributed by atoms with van der Waals surface area (Å²) >= 11 is 0. The highest BCUT2D eigenvalue weighted by molar-refractivity contribution is 5.95. The van der Waals surface area contributed by atoms with Crippen molar-refractivity contribution in [3.63, 3.8) is 0 Å². The van der Waals surface area contributed by atoms with Crippen LogP contribution in [0.4, 0.5) is 5.69 Å². The Hall–Kier alpha value is -2.60. The number of carbonyl (C=O) groups is 2. The molecule has 3 N–H and O–H groups in total. The Morgan fingerprint density at radius 1 is 1.17 bits per heavy atom. The summed E-state index contributed by atoms with van der Waals surface area (Å²) in [6.07, 6.45) is 1.35. The fraction of sp³-hybridized carbons (Fsp3) is 0.294. The van der Waals surface area contributed by atoms with E-state index in [1.165, 1.54) is 6.26 Å². The smallest absolute Gasteiger partial charge is 0.321 e. The van der Waals surface area contributed by atoms with Crippen LogP contribution in [0.25, 0.3) is 0 Å². The summed E-state index contributed by atoms with van der Waals surface area (Å²) < 4.78 is 5.14. The first-order valence-electron chi connectivity index (χ1n) is 7.32. The lowest BCUT2D eigenvalue weighted by atomic mass is 10.1. The van der Waals surface area contributed by atoms with E-state index in [2.05, 4.69) is 10.6 Å². The largest absolute Gasteiger partial charge is 0.480 e. The second-order valence-electron chi connectivity index (χ2n) is 5.37. The zero-order valence-corrected chi connectivity index (χ0v) is 13.1. The minimum Gasteiger partial charge on any atom is -0.480 e. The maximum Gasteiger partial charge on any atom is 0.321 e. The molecule has 122 valence electrons. The van der Waals surface area contributed by atoms with Gasteiger partial charge in [-0.05, 0) is 37.1 Å². The van der Waals surface area contributed by atoms with Gasteiger partial charge in [-0.15, -0.1) is 0 Å². The maximum atomic E-state index is 12.2. The maximum absolute atomic E-state index is 12.2. The second kappa shape index (κ2) is 7.60. The average Bonchev–Trinajstić information content (AvgIpc) is 3.00. The van der Waals surface area contributed by atoms with Crippen LogP contribution in [0.2, 0.25) is 0 Å². The van der Waals surface area contributed by atoms with Gasteiger partial charge in [0.2, 0.25) is 5.91 Å². The summed E-state index contributed by atoms with van der Waals surface area (Å²) in [6, 6.07) is 8.18. The van der Waals surface area contributed by atoms with E-state index in [1.54, 1.807) is 12.1 Å². The molecule has 1 aromatic carbocycles. The number of hydrogen-bond acceptors (Lipinski definition) is 4. The number of anilines is 1. The van der Waals surface area contributed by atoms with E-state index in [0.29, 0.717) is 5.76 Å². The third-order valence-electron chi connectivity index (χ3n) is 3.54. The van der Waals surface area contributed by atoms with Crippen LogP contribution in [0.3, 0.4) is 0 Å². The molecule has 0 saturated heterocycles. The molecule has 0 aliphatic carbocycles. The molecule has 1 amide bonds. The zero-order valence-electron chi connectivity index (χ0n) is 13.1. The van der Waals surface area contributed by atoms with Gasteiger partial charge in [-0.1, -0.05) is 18.2 Å². The molecule has 23 heavy (non-hydrogen) atoms. The number of furan rings is 1. The van der Waals surface area contributed by atoms with Gasteiger partial charge < -0.3 is 14.8 Å². The Bertz CT molecular complexity index is 660. The van der Waals surface area contributed by atoms with E-state index in [1.807, 2.05) is 32.0 Å². The molecular weight excluding hydrogens is 296 g/mol. The SMILES string of the molecule is Cc1cccc(C)c1NC(=O)C[C@@H](NCc1ccco1)C(=O)O. The van der Waals surface area contributed by atoms with Gasteiger partial charge in [0, 0.05) is 5.69 Å². The predicted octanol–water partition coefficient (Wildman–Crippen LogP) is 2.47. The first-order chi connectivity index (χ1) is 11.0. The van der Waals surface area contributed by atoms with Crippen LogP contribution in [0.5, 0.6) is 0 Å². The highest BCUT2D eigenvalue weighted by Gasteiger charge is 2.21. The third-order valence-corrected chi connectivity index (χ3v) is 3.54. The molecule has 2 rings (SSSR count). The van der Waals surface area contributed by atoms with Crippen molar-refractivity contribution in [2.45, 2.75) is 32.9 Å². The molecule has 1 aromatic heterocycles. The van der Waals surface area contributed by atoms with Gasteiger partial charge in [-0.3, -0.25) is 14.9 Å². The molecule has 2 aromatic rings. The normalized spacial score (nSPS) is 11.9. The fourth-order valence-corrected chi connectivity index (χ4v) is 2.27. The Kier molecular flexibility index (Phi) is 5.54. The second-order valence-corrected chi connectivity index (χ2v) is 5.37. The quantitative estimate of drug-likeness (QED) is 0.730. The average molecular weight is 316 g/mol. The monoisotopic (exact) mass is 316 g/mol. The van der Waals surface area contributed by atoms with Gasteiger partial charge in [-0.2, -0.15) is 0 Å². The van der Waals surface area contributed by atoms with Gasteiger partial charge in [0.25, 0.3) is 0 Å². The molecule has 6 heteroatoms. The van der Waals surface area contributed by atoms with Crippen LogP contribution in [0.1, 0.15) is 23.3 Å². The molecular formula is C17H20N2O4. The van der Waals surface area contributed by atoms with Crippen LogP contribution in [0, 0.1) is 13.8 Å². The van der Waals surface area contributed by atoms with Crippen molar-refractivity contribution in [2.24, 2.45) is 0 Å². The Balaban J connectivity index is 1.96. The number of carboxylic acids is 1. The van der Waals surface area contributed by atoms with E-state index in [9.17, 15) is 14.7 Å². The zero-order chi connectivity index (χ0) is 16.8. The molecule has 1 atom stereocenters. The summed E-state index contributed by atoms with van der Waals surface area (Å²) in [5, 5.41) is 14.9.